The van der Waals surface area contributed by atoms with Gasteiger partial charge >= 0.3 is 0 Å². The minimum absolute atomic E-state index is 0.0530. The van der Waals surface area contributed by atoms with Crippen molar-refractivity contribution < 1.29 is 0 Å². The van der Waals surface area contributed by atoms with Crippen LogP contribution in [-0.4, -0.2) is 0 Å². The second-order valence-corrected chi connectivity index (χ2v) is 19.0. The zero-order chi connectivity index (χ0) is 43.3. The smallest absolute Gasteiger partial charge is 0.0468 e. The van der Waals surface area contributed by atoms with Crippen molar-refractivity contribution in [1.82, 2.24) is 0 Å². The van der Waals surface area contributed by atoms with Gasteiger partial charge < -0.3 is 4.90 Å². The molecule has 0 N–H and O–H groups in total. The van der Waals surface area contributed by atoms with Gasteiger partial charge in [0.2, 0.25) is 0 Å². The average Bonchev–Trinajstić information content (AvgIpc) is 3.32. The Morgan fingerprint density at radius 1 is 0.286 bits per heavy atom. The lowest BCUT2D eigenvalue weighted by Gasteiger charge is -2.29. The van der Waals surface area contributed by atoms with Gasteiger partial charge in [-0.15, -0.1) is 0 Å². The molecule has 0 unspecified atom stereocenters. The van der Waals surface area contributed by atoms with Gasteiger partial charge in [-0.3, -0.25) is 0 Å². The lowest BCUT2D eigenvalue weighted by molar-refractivity contribution is 0.590. The summed E-state index contributed by atoms with van der Waals surface area (Å²) in [6, 6.07) is 78.8. The molecule has 0 saturated heterocycles. The van der Waals surface area contributed by atoms with Crippen molar-refractivity contribution in [2.45, 2.75) is 52.4 Å². The van der Waals surface area contributed by atoms with Crippen LogP contribution in [0.5, 0.6) is 0 Å². The van der Waals surface area contributed by atoms with Crippen LogP contribution in [0.2, 0.25) is 0 Å². The first-order valence-corrected chi connectivity index (χ1v) is 22.3. The summed E-state index contributed by atoms with van der Waals surface area (Å²) in [4.78, 5) is 2.43. The van der Waals surface area contributed by atoms with Crippen LogP contribution in [0, 0.1) is 0 Å². The normalized spacial score (nSPS) is 12.0. The second kappa shape index (κ2) is 15.9. The van der Waals surface area contributed by atoms with Crippen molar-refractivity contribution in [1.29, 1.82) is 0 Å². The number of benzene rings is 10. The molecule has 0 aliphatic heterocycles. The summed E-state index contributed by atoms with van der Waals surface area (Å²) in [6.45, 7) is 13.7. The summed E-state index contributed by atoms with van der Waals surface area (Å²) in [5.74, 6) is 0. The highest BCUT2D eigenvalue weighted by Crippen LogP contribution is 2.50. The molecule has 0 amide bonds. The maximum atomic E-state index is 2.45. The molecule has 0 saturated carbocycles. The van der Waals surface area contributed by atoms with Crippen molar-refractivity contribution in [3.63, 3.8) is 0 Å². The molecule has 63 heavy (non-hydrogen) atoms. The van der Waals surface area contributed by atoms with E-state index in [0.29, 0.717) is 0 Å². The van der Waals surface area contributed by atoms with Crippen molar-refractivity contribution in [3.8, 4) is 44.5 Å². The van der Waals surface area contributed by atoms with E-state index in [4.69, 9.17) is 0 Å². The summed E-state index contributed by atoms with van der Waals surface area (Å²) >= 11 is 0. The molecular weight excluding hydrogens is 759 g/mol. The number of nitrogens with zero attached hydrogens (tertiary/aromatic N) is 1. The van der Waals surface area contributed by atoms with Gasteiger partial charge in [-0.25, -0.2) is 0 Å². The molecule has 1 nitrogen and oxygen atoms in total. The molecule has 0 aromatic heterocycles. The molecule has 0 bridgehead atoms. The first-order chi connectivity index (χ1) is 30.5. The van der Waals surface area contributed by atoms with Crippen LogP contribution in [0.3, 0.4) is 0 Å². The molecular formula is C62H53N. The minimum Gasteiger partial charge on any atom is -0.310 e. The highest BCUT2D eigenvalue weighted by atomic mass is 15.1. The number of fused-ring (bicyclic) bond motifs is 6. The highest BCUT2D eigenvalue weighted by Gasteiger charge is 2.24. The van der Waals surface area contributed by atoms with Gasteiger partial charge in [0.1, 0.15) is 0 Å². The Morgan fingerprint density at radius 2 is 0.698 bits per heavy atom. The average molecular weight is 812 g/mol. The van der Waals surface area contributed by atoms with Crippen LogP contribution >= 0.6 is 0 Å². The Bertz CT molecular complexity index is 3170. The van der Waals surface area contributed by atoms with E-state index in [2.05, 4.69) is 259 Å². The second-order valence-electron chi connectivity index (χ2n) is 19.0. The van der Waals surface area contributed by atoms with E-state index in [-0.39, 0.29) is 10.8 Å². The molecule has 0 fully saturated rings. The molecule has 0 atom stereocenters. The molecule has 0 spiro atoms. The standard InChI is InChI=1S/C62H53N/c1-61(2,3)47-30-34-49(35-31-47)63(50-36-32-48(33-37-50)62(4,5)6)51-38-39-54-57(40-51)52-24-16-17-25-53(52)59-56(45-22-14-9-15-23-45)41-55(44-20-12-8-13-21-44)58(60(54)59)46-28-26-43(27-29-46)42-18-10-7-11-19-42/h7-41H,1-6H3. The van der Waals surface area contributed by atoms with Crippen LogP contribution in [0.1, 0.15) is 52.7 Å². The van der Waals surface area contributed by atoms with Gasteiger partial charge in [0.25, 0.3) is 0 Å². The summed E-state index contributed by atoms with van der Waals surface area (Å²) < 4.78 is 0. The Morgan fingerprint density at radius 3 is 1.22 bits per heavy atom. The number of hydrogen-bond acceptors (Lipinski definition) is 1. The summed E-state index contributed by atoms with van der Waals surface area (Å²) in [5.41, 5.74) is 15.8. The van der Waals surface area contributed by atoms with Gasteiger partial charge in [-0.2, -0.15) is 0 Å². The van der Waals surface area contributed by atoms with E-state index >= 15 is 0 Å². The van der Waals surface area contributed by atoms with E-state index in [1.165, 1.54) is 88.0 Å². The zero-order valence-corrected chi connectivity index (χ0v) is 37.2. The summed E-state index contributed by atoms with van der Waals surface area (Å²) in [6.07, 6.45) is 0. The first-order valence-electron chi connectivity index (χ1n) is 22.3. The van der Waals surface area contributed by atoms with Crippen molar-refractivity contribution >= 4 is 49.4 Å². The fraction of sp³-hybridized carbons (Fsp3) is 0.129. The Hall–Kier alpha value is -7.22. The topological polar surface area (TPSA) is 3.24 Å². The number of hydrogen-bond donors (Lipinski definition) is 0. The van der Waals surface area contributed by atoms with Gasteiger partial charge in [0, 0.05) is 17.1 Å². The highest BCUT2D eigenvalue weighted by molar-refractivity contribution is 6.33. The predicted octanol–water partition coefficient (Wildman–Crippen LogP) is 17.9. The molecule has 306 valence electrons. The summed E-state index contributed by atoms with van der Waals surface area (Å²) in [7, 11) is 0. The van der Waals surface area contributed by atoms with Gasteiger partial charge in [-0.1, -0.05) is 211 Å². The molecule has 10 rings (SSSR count). The predicted molar refractivity (Wildman–Crippen MR) is 273 cm³/mol. The third kappa shape index (κ3) is 7.49. The molecule has 0 aliphatic carbocycles. The summed E-state index contributed by atoms with van der Waals surface area (Å²) in [5, 5.41) is 7.47. The van der Waals surface area contributed by atoms with E-state index in [1.807, 2.05) is 0 Å². The van der Waals surface area contributed by atoms with E-state index < -0.39 is 0 Å². The van der Waals surface area contributed by atoms with Crippen LogP contribution < -0.4 is 4.90 Å². The molecule has 0 radical (unpaired) electrons. The maximum Gasteiger partial charge on any atom is 0.0468 e. The Labute approximate surface area is 372 Å². The molecule has 10 aromatic rings. The van der Waals surface area contributed by atoms with Crippen LogP contribution in [0.4, 0.5) is 17.1 Å². The fourth-order valence-corrected chi connectivity index (χ4v) is 9.40. The molecule has 0 aliphatic rings. The lowest BCUT2D eigenvalue weighted by atomic mass is 9.81. The third-order valence-corrected chi connectivity index (χ3v) is 12.8. The first kappa shape index (κ1) is 39.9. The third-order valence-electron chi connectivity index (χ3n) is 12.8. The number of anilines is 3. The van der Waals surface area contributed by atoms with Crippen molar-refractivity contribution in [2.75, 3.05) is 4.90 Å². The van der Waals surface area contributed by atoms with E-state index in [9.17, 15) is 0 Å². The van der Waals surface area contributed by atoms with E-state index in [0.717, 1.165) is 17.1 Å². The molecule has 10 aromatic carbocycles. The quantitative estimate of drug-likeness (QED) is 0.145. The SMILES string of the molecule is CC(C)(C)c1ccc(N(c2ccc(C(C)(C)C)cc2)c2ccc3c(c2)c2ccccc2c2c(-c4ccccc4)cc(-c4ccccc4)c(-c4ccc(-c5ccccc5)cc4)c32)cc1. The largest absolute Gasteiger partial charge is 0.310 e. The monoisotopic (exact) mass is 811 g/mol. The minimum atomic E-state index is 0.0530. The maximum absolute atomic E-state index is 2.45. The number of rotatable bonds is 7. The van der Waals surface area contributed by atoms with E-state index in [1.54, 1.807) is 0 Å². The van der Waals surface area contributed by atoms with Crippen molar-refractivity contribution in [2.24, 2.45) is 0 Å². The van der Waals surface area contributed by atoms with Crippen LogP contribution in [0.25, 0.3) is 76.8 Å². The Kier molecular flexibility index (Phi) is 10.1. The van der Waals surface area contributed by atoms with Gasteiger partial charge in [0.15, 0.2) is 0 Å². The Balaban J connectivity index is 1.30. The lowest BCUT2D eigenvalue weighted by Crippen LogP contribution is -2.14. The van der Waals surface area contributed by atoms with Gasteiger partial charge in [0.05, 0.1) is 0 Å². The zero-order valence-electron chi connectivity index (χ0n) is 37.2. The van der Waals surface area contributed by atoms with Gasteiger partial charge in [-0.05, 0) is 141 Å². The van der Waals surface area contributed by atoms with Crippen molar-refractivity contribution in [3.05, 3.63) is 223 Å². The fourth-order valence-electron chi connectivity index (χ4n) is 9.40. The van der Waals surface area contributed by atoms with Crippen LogP contribution in [0.15, 0.2) is 212 Å². The molecule has 1 heteroatoms. The van der Waals surface area contributed by atoms with Crippen LogP contribution in [-0.2, 0) is 10.8 Å². The molecule has 0 heterocycles.